The molecule has 1 aromatic rings. The highest BCUT2D eigenvalue weighted by Gasteiger charge is 2.17. The fraction of sp³-hybridized carbons (Fsp3) is 0.417. The van der Waals surface area contributed by atoms with Crippen LogP contribution in [0.1, 0.15) is 10.4 Å². The maximum absolute atomic E-state index is 11.2. The lowest BCUT2D eigenvalue weighted by atomic mass is 10.1. The summed E-state index contributed by atoms with van der Waals surface area (Å²) in [5, 5.41) is 12.2. The van der Waals surface area contributed by atoms with Crippen molar-refractivity contribution in [2.75, 3.05) is 31.7 Å². The normalized spacial score (nSPS) is 19.5. The molecule has 98 valence electrons. The molecule has 1 aliphatic heterocycles. The molecule has 1 saturated heterocycles. The van der Waals surface area contributed by atoms with Crippen molar-refractivity contribution < 1.29 is 19.4 Å². The van der Waals surface area contributed by atoms with Gasteiger partial charge in [0.15, 0.2) is 0 Å². The van der Waals surface area contributed by atoms with Gasteiger partial charge in [0, 0.05) is 16.7 Å². The Hall–Kier alpha value is -1.11. The summed E-state index contributed by atoms with van der Waals surface area (Å²) >= 11 is 3.24. The van der Waals surface area contributed by atoms with Crippen molar-refractivity contribution >= 4 is 27.6 Å². The van der Waals surface area contributed by atoms with Gasteiger partial charge in [-0.2, -0.15) is 0 Å². The second-order valence-electron chi connectivity index (χ2n) is 3.92. The molecule has 1 unspecified atom stereocenters. The number of carbonyl (C=O) groups is 1. The summed E-state index contributed by atoms with van der Waals surface area (Å²) in [6.07, 6.45) is -0.0422. The summed E-state index contributed by atoms with van der Waals surface area (Å²) in [6.45, 7) is 2.25. The third-order valence-corrected chi connectivity index (χ3v) is 3.29. The smallest absolute Gasteiger partial charge is 0.338 e. The van der Waals surface area contributed by atoms with Crippen LogP contribution in [-0.4, -0.2) is 43.5 Å². The SMILES string of the molecule is O=C(O)c1c(Br)cccc1NCC1COCCO1. The van der Waals surface area contributed by atoms with E-state index in [0.717, 1.165) is 0 Å². The zero-order chi connectivity index (χ0) is 13.0. The number of aromatic carboxylic acids is 1. The van der Waals surface area contributed by atoms with Gasteiger partial charge in [0.25, 0.3) is 0 Å². The maximum atomic E-state index is 11.2. The highest BCUT2D eigenvalue weighted by Crippen LogP contribution is 2.24. The molecule has 1 atom stereocenters. The summed E-state index contributed by atoms with van der Waals surface area (Å²) in [5.41, 5.74) is 0.806. The zero-order valence-corrected chi connectivity index (χ0v) is 11.3. The van der Waals surface area contributed by atoms with Gasteiger partial charge in [-0.25, -0.2) is 4.79 Å². The molecule has 1 fully saturated rings. The Morgan fingerprint density at radius 2 is 2.33 bits per heavy atom. The summed E-state index contributed by atoms with van der Waals surface area (Å²) < 4.78 is 11.3. The monoisotopic (exact) mass is 315 g/mol. The van der Waals surface area contributed by atoms with Crippen molar-refractivity contribution in [2.45, 2.75) is 6.10 Å². The van der Waals surface area contributed by atoms with E-state index in [1.807, 2.05) is 0 Å². The van der Waals surface area contributed by atoms with Crippen LogP contribution < -0.4 is 5.32 Å². The van der Waals surface area contributed by atoms with Crippen LogP contribution >= 0.6 is 15.9 Å². The van der Waals surface area contributed by atoms with Gasteiger partial charge in [-0.3, -0.25) is 0 Å². The van der Waals surface area contributed by atoms with Crippen molar-refractivity contribution in [3.8, 4) is 0 Å². The average Bonchev–Trinajstić information content (AvgIpc) is 2.37. The van der Waals surface area contributed by atoms with Crippen LogP contribution in [0.25, 0.3) is 0 Å². The standard InChI is InChI=1S/C12H14BrNO4/c13-9-2-1-3-10(11(9)12(15)16)14-6-8-7-17-4-5-18-8/h1-3,8,14H,4-7H2,(H,15,16). The molecule has 0 aromatic heterocycles. The largest absolute Gasteiger partial charge is 0.478 e. The molecule has 2 N–H and O–H groups in total. The van der Waals surface area contributed by atoms with Crippen molar-refractivity contribution in [1.29, 1.82) is 0 Å². The first-order chi connectivity index (χ1) is 8.68. The molecule has 0 spiro atoms. The second-order valence-corrected chi connectivity index (χ2v) is 4.77. The van der Waals surface area contributed by atoms with Gasteiger partial charge in [0.05, 0.1) is 31.5 Å². The van der Waals surface area contributed by atoms with E-state index >= 15 is 0 Å². The molecular formula is C12H14BrNO4. The predicted octanol–water partition coefficient (Wildman–Crippen LogP) is 1.97. The molecule has 0 radical (unpaired) electrons. The Kier molecular flexibility index (Phi) is 4.57. The van der Waals surface area contributed by atoms with E-state index in [-0.39, 0.29) is 11.7 Å². The van der Waals surface area contributed by atoms with Crippen LogP contribution in [-0.2, 0) is 9.47 Å². The number of carboxylic acids is 1. The first-order valence-electron chi connectivity index (χ1n) is 5.63. The third-order valence-electron chi connectivity index (χ3n) is 2.63. The lowest BCUT2D eigenvalue weighted by Gasteiger charge is -2.24. The molecule has 6 heteroatoms. The van der Waals surface area contributed by atoms with Crippen LogP contribution in [0, 0.1) is 0 Å². The van der Waals surface area contributed by atoms with Crippen molar-refractivity contribution in [1.82, 2.24) is 0 Å². The first kappa shape index (κ1) is 13.3. The van der Waals surface area contributed by atoms with Gasteiger partial charge in [-0.05, 0) is 28.1 Å². The number of carboxylic acid groups (broad SMARTS) is 1. The minimum atomic E-state index is -0.967. The van der Waals surface area contributed by atoms with Crippen molar-refractivity contribution in [3.05, 3.63) is 28.2 Å². The second kappa shape index (κ2) is 6.17. The topological polar surface area (TPSA) is 67.8 Å². The van der Waals surface area contributed by atoms with Crippen molar-refractivity contribution in [2.24, 2.45) is 0 Å². The van der Waals surface area contributed by atoms with E-state index in [4.69, 9.17) is 14.6 Å². The Morgan fingerprint density at radius 3 is 3.00 bits per heavy atom. The first-order valence-corrected chi connectivity index (χ1v) is 6.43. The third kappa shape index (κ3) is 3.22. The van der Waals surface area contributed by atoms with Gasteiger partial charge in [0.2, 0.25) is 0 Å². The van der Waals surface area contributed by atoms with E-state index in [0.29, 0.717) is 36.5 Å². The number of anilines is 1. The van der Waals surface area contributed by atoms with E-state index in [1.165, 1.54) is 0 Å². The van der Waals surface area contributed by atoms with Crippen LogP contribution in [0.3, 0.4) is 0 Å². The molecule has 0 saturated carbocycles. The lowest BCUT2D eigenvalue weighted by Crippen LogP contribution is -2.34. The van der Waals surface area contributed by atoms with E-state index < -0.39 is 5.97 Å². The highest BCUT2D eigenvalue weighted by molar-refractivity contribution is 9.10. The minimum Gasteiger partial charge on any atom is -0.478 e. The molecule has 0 amide bonds. The fourth-order valence-electron chi connectivity index (χ4n) is 1.77. The molecule has 2 rings (SSSR count). The minimum absolute atomic E-state index is 0.0422. The zero-order valence-electron chi connectivity index (χ0n) is 9.69. The average molecular weight is 316 g/mol. The van der Waals surface area contributed by atoms with Gasteiger partial charge in [-0.1, -0.05) is 6.07 Å². The fourth-order valence-corrected chi connectivity index (χ4v) is 2.30. The Labute approximate surface area is 113 Å². The van der Waals surface area contributed by atoms with Crippen LogP contribution in [0.5, 0.6) is 0 Å². The molecule has 18 heavy (non-hydrogen) atoms. The molecule has 1 heterocycles. The number of hydrogen-bond acceptors (Lipinski definition) is 4. The number of ether oxygens (including phenoxy) is 2. The molecule has 5 nitrogen and oxygen atoms in total. The summed E-state index contributed by atoms with van der Waals surface area (Å²) in [5.74, 6) is -0.967. The summed E-state index contributed by atoms with van der Waals surface area (Å²) in [6, 6.07) is 5.23. The van der Waals surface area contributed by atoms with Gasteiger partial charge >= 0.3 is 5.97 Å². The van der Waals surface area contributed by atoms with Crippen LogP contribution in [0.2, 0.25) is 0 Å². The van der Waals surface area contributed by atoms with Crippen LogP contribution in [0.15, 0.2) is 22.7 Å². The number of rotatable bonds is 4. The molecule has 1 aromatic carbocycles. The number of nitrogens with one attached hydrogen (secondary N) is 1. The summed E-state index contributed by atoms with van der Waals surface area (Å²) in [7, 11) is 0. The van der Waals surface area contributed by atoms with Gasteiger partial charge in [-0.15, -0.1) is 0 Å². The Morgan fingerprint density at radius 1 is 1.50 bits per heavy atom. The van der Waals surface area contributed by atoms with E-state index in [9.17, 15) is 4.79 Å². The number of halogens is 1. The Balaban J connectivity index is 2.04. The number of hydrogen-bond donors (Lipinski definition) is 2. The highest BCUT2D eigenvalue weighted by atomic mass is 79.9. The molecule has 0 aliphatic carbocycles. The summed E-state index contributed by atoms with van der Waals surface area (Å²) in [4.78, 5) is 11.2. The lowest BCUT2D eigenvalue weighted by molar-refractivity contribution is -0.0818. The number of benzene rings is 1. The van der Waals surface area contributed by atoms with Crippen LogP contribution in [0.4, 0.5) is 5.69 Å². The maximum Gasteiger partial charge on any atom is 0.338 e. The van der Waals surface area contributed by atoms with E-state index in [1.54, 1.807) is 18.2 Å². The van der Waals surface area contributed by atoms with Crippen molar-refractivity contribution in [3.63, 3.8) is 0 Å². The van der Waals surface area contributed by atoms with Gasteiger partial charge in [0.1, 0.15) is 0 Å². The molecule has 1 aliphatic rings. The molecule has 0 bridgehead atoms. The quantitative estimate of drug-likeness (QED) is 0.889. The van der Waals surface area contributed by atoms with E-state index in [2.05, 4.69) is 21.2 Å². The van der Waals surface area contributed by atoms with Gasteiger partial charge < -0.3 is 19.9 Å². The predicted molar refractivity (Wildman–Crippen MR) is 70.2 cm³/mol. The molecular weight excluding hydrogens is 302 g/mol. The Bertz CT molecular complexity index is 432.